The van der Waals surface area contributed by atoms with E-state index < -0.39 is 5.97 Å². The Hall–Kier alpha value is -2.07. The minimum atomic E-state index is -1.05. The standard InChI is InChI=1S/C16H18O4/c1-12-14(10-15(20-12)16(17)18)11-19-9-5-8-13-6-3-2-4-7-13/h2-4,6-7,10H,5,8-9,11H2,1H3,(H,17,18). The van der Waals surface area contributed by atoms with E-state index in [0.717, 1.165) is 18.4 Å². The van der Waals surface area contributed by atoms with E-state index in [0.29, 0.717) is 19.0 Å². The number of hydrogen-bond acceptors (Lipinski definition) is 3. The summed E-state index contributed by atoms with van der Waals surface area (Å²) in [5.74, 6) is -0.487. The van der Waals surface area contributed by atoms with Crippen LogP contribution < -0.4 is 0 Å². The fraction of sp³-hybridized carbons (Fsp3) is 0.312. The highest BCUT2D eigenvalue weighted by atomic mass is 16.5. The summed E-state index contributed by atoms with van der Waals surface area (Å²) in [6.07, 6.45) is 1.91. The van der Waals surface area contributed by atoms with Crippen LogP contribution in [0.4, 0.5) is 0 Å². The molecular formula is C16H18O4. The lowest BCUT2D eigenvalue weighted by Crippen LogP contribution is -1.98. The van der Waals surface area contributed by atoms with Gasteiger partial charge in [-0.1, -0.05) is 30.3 Å². The first-order valence-electron chi connectivity index (χ1n) is 6.61. The molecule has 0 spiro atoms. The van der Waals surface area contributed by atoms with Crippen molar-refractivity contribution in [1.29, 1.82) is 0 Å². The molecule has 0 bridgehead atoms. The Morgan fingerprint density at radius 2 is 2.05 bits per heavy atom. The van der Waals surface area contributed by atoms with Crippen molar-refractivity contribution in [2.24, 2.45) is 0 Å². The Morgan fingerprint density at radius 3 is 2.70 bits per heavy atom. The Balaban J connectivity index is 1.72. The molecule has 2 rings (SSSR count). The summed E-state index contributed by atoms with van der Waals surface area (Å²) in [7, 11) is 0. The normalized spacial score (nSPS) is 10.7. The van der Waals surface area contributed by atoms with Gasteiger partial charge in [0.25, 0.3) is 0 Å². The highest BCUT2D eigenvalue weighted by Gasteiger charge is 2.12. The third-order valence-corrected chi connectivity index (χ3v) is 3.09. The van der Waals surface area contributed by atoms with Crippen LogP contribution in [0.1, 0.15) is 33.9 Å². The van der Waals surface area contributed by atoms with Gasteiger partial charge in [-0.3, -0.25) is 0 Å². The first-order chi connectivity index (χ1) is 9.66. The van der Waals surface area contributed by atoms with E-state index in [9.17, 15) is 4.79 Å². The summed E-state index contributed by atoms with van der Waals surface area (Å²) in [5, 5.41) is 8.82. The maximum atomic E-state index is 10.8. The Morgan fingerprint density at radius 1 is 1.30 bits per heavy atom. The fourth-order valence-corrected chi connectivity index (χ4v) is 1.97. The van der Waals surface area contributed by atoms with Crippen molar-refractivity contribution < 1.29 is 19.1 Å². The summed E-state index contributed by atoms with van der Waals surface area (Å²) in [4.78, 5) is 10.8. The van der Waals surface area contributed by atoms with Gasteiger partial charge in [0.05, 0.1) is 6.61 Å². The molecule has 1 aromatic carbocycles. The van der Waals surface area contributed by atoms with E-state index in [1.54, 1.807) is 6.92 Å². The number of benzene rings is 1. The zero-order valence-electron chi connectivity index (χ0n) is 11.5. The molecule has 0 radical (unpaired) electrons. The number of rotatable bonds is 7. The van der Waals surface area contributed by atoms with Gasteiger partial charge in [-0.2, -0.15) is 0 Å². The summed E-state index contributed by atoms with van der Waals surface area (Å²) >= 11 is 0. The number of aryl methyl sites for hydroxylation is 2. The van der Waals surface area contributed by atoms with Crippen molar-refractivity contribution in [3.8, 4) is 0 Å². The lowest BCUT2D eigenvalue weighted by molar-refractivity contribution is 0.0661. The van der Waals surface area contributed by atoms with Crippen molar-refractivity contribution in [2.75, 3.05) is 6.61 Å². The molecule has 0 fully saturated rings. The zero-order chi connectivity index (χ0) is 14.4. The van der Waals surface area contributed by atoms with Gasteiger partial charge in [0, 0.05) is 12.2 Å². The van der Waals surface area contributed by atoms with E-state index in [4.69, 9.17) is 14.3 Å². The monoisotopic (exact) mass is 274 g/mol. The third-order valence-electron chi connectivity index (χ3n) is 3.09. The maximum Gasteiger partial charge on any atom is 0.371 e. The van der Waals surface area contributed by atoms with Crippen LogP contribution in [0.5, 0.6) is 0 Å². The van der Waals surface area contributed by atoms with Crippen molar-refractivity contribution in [1.82, 2.24) is 0 Å². The molecule has 20 heavy (non-hydrogen) atoms. The fourth-order valence-electron chi connectivity index (χ4n) is 1.97. The van der Waals surface area contributed by atoms with Crippen LogP contribution in [-0.2, 0) is 17.8 Å². The molecule has 106 valence electrons. The summed E-state index contributed by atoms with van der Waals surface area (Å²) in [6, 6.07) is 11.8. The van der Waals surface area contributed by atoms with E-state index in [1.165, 1.54) is 11.6 Å². The van der Waals surface area contributed by atoms with Crippen molar-refractivity contribution in [2.45, 2.75) is 26.4 Å². The van der Waals surface area contributed by atoms with Crippen LogP contribution in [0.3, 0.4) is 0 Å². The Bertz CT molecular complexity index is 557. The summed E-state index contributed by atoms with van der Waals surface area (Å²) in [6.45, 7) is 2.77. The quantitative estimate of drug-likeness (QED) is 0.786. The van der Waals surface area contributed by atoms with Crippen LogP contribution in [0.15, 0.2) is 40.8 Å². The minimum Gasteiger partial charge on any atom is -0.475 e. The summed E-state index contributed by atoms with van der Waals surface area (Å²) < 4.78 is 10.7. The van der Waals surface area contributed by atoms with E-state index in [2.05, 4.69) is 12.1 Å². The molecule has 1 N–H and O–H groups in total. The van der Waals surface area contributed by atoms with Gasteiger partial charge in [0.1, 0.15) is 5.76 Å². The molecule has 0 saturated carbocycles. The number of ether oxygens (including phenoxy) is 1. The molecule has 0 amide bonds. The molecule has 4 heteroatoms. The van der Waals surface area contributed by atoms with Crippen LogP contribution in [0.25, 0.3) is 0 Å². The van der Waals surface area contributed by atoms with Gasteiger partial charge in [-0.05, 0) is 31.4 Å². The number of aromatic carboxylic acids is 1. The average Bonchev–Trinajstić information content (AvgIpc) is 2.81. The first kappa shape index (κ1) is 14.3. The molecule has 0 aliphatic carbocycles. The van der Waals surface area contributed by atoms with Crippen LogP contribution in [0, 0.1) is 6.92 Å². The van der Waals surface area contributed by atoms with Gasteiger partial charge in [0.2, 0.25) is 5.76 Å². The molecule has 4 nitrogen and oxygen atoms in total. The number of carboxylic acids is 1. The minimum absolute atomic E-state index is 0.0367. The average molecular weight is 274 g/mol. The number of carboxylic acid groups (broad SMARTS) is 1. The predicted octanol–water partition coefficient (Wildman–Crippen LogP) is 3.44. The zero-order valence-corrected chi connectivity index (χ0v) is 11.5. The number of hydrogen-bond donors (Lipinski definition) is 1. The van der Waals surface area contributed by atoms with Gasteiger partial charge >= 0.3 is 5.97 Å². The predicted molar refractivity (Wildman–Crippen MR) is 74.8 cm³/mol. The second-order valence-corrected chi connectivity index (χ2v) is 4.64. The largest absolute Gasteiger partial charge is 0.475 e. The smallest absolute Gasteiger partial charge is 0.371 e. The molecule has 1 heterocycles. The second kappa shape index (κ2) is 6.91. The lowest BCUT2D eigenvalue weighted by Gasteiger charge is -2.03. The van der Waals surface area contributed by atoms with Crippen LogP contribution in [-0.4, -0.2) is 17.7 Å². The third kappa shape index (κ3) is 3.96. The maximum absolute atomic E-state index is 10.8. The van der Waals surface area contributed by atoms with E-state index in [-0.39, 0.29) is 5.76 Å². The molecule has 0 aliphatic heterocycles. The lowest BCUT2D eigenvalue weighted by atomic mass is 10.1. The number of furan rings is 1. The highest BCUT2D eigenvalue weighted by Crippen LogP contribution is 2.15. The second-order valence-electron chi connectivity index (χ2n) is 4.64. The topological polar surface area (TPSA) is 59.7 Å². The van der Waals surface area contributed by atoms with Gasteiger partial charge < -0.3 is 14.3 Å². The molecule has 0 atom stereocenters. The van der Waals surface area contributed by atoms with Gasteiger partial charge in [-0.15, -0.1) is 0 Å². The molecule has 0 unspecified atom stereocenters. The molecule has 1 aromatic heterocycles. The Labute approximate surface area is 118 Å². The molecule has 2 aromatic rings. The molecular weight excluding hydrogens is 256 g/mol. The van der Waals surface area contributed by atoms with Crippen molar-refractivity contribution >= 4 is 5.97 Å². The number of carbonyl (C=O) groups is 1. The Kier molecular flexibility index (Phi) is 4.96. The van der Waals surface area contributed by atoms with E-state index >= 15 is 0 Å². The SMILES string of the molecule is Cc1oc(C(=O)O)cc1COCCCc1ccccc1. The van der Waals surface area contributed by atoms with Gasteiger partial charge in [0.15, 0.2) is 0 Å². The van der Waals surface area contributed by atoms with Gasteiger partial charge in [-0.25, -0.2) is 4.79 Å². The van der Waals surface area contributed by atoms with Crippen LogP contribution in [0.2, 0.25) is 0 Å². The summed E-state index contributed by atoms with van der Waals surface area (Å²) in [5.41, 5.74) is 2.09. The first-order valence-corrected chi connectivity index (χ1v) is 6.61. The van der Waals surface area contributed by atoms with Crippen molar-refractivity contribution in [3.63, 3.8) is 0 Å². The van der Waals surface area contributed by atoms with Crippen molar-refractivity contribution in [3.05, 3.63) is 59.0 Å². The van der Waals surface area contributed by atoms with Crippen LogP contribution >= 0.6 is 0 Å². The molecule has 0 saturated heterocycles. The molecule has 0 aliphatic rings. The van der Waals surface area contributed by atoms with E-state index in [1.807, 2.05) is 18.2 Å². The highest BCUT2D eigenvalue weighted by molar-refractivity contribution is 5.84.